The molecule has 106 valence electrons. The van der Waals surface area contributed by atoms with Gasteiger partial charge in [-0.2, -0.15) is 13.2 Å². The highest BCUT2D eigenvalue weighted by atomic mass is 35.5. The van der Waals surface area contributed by atoms with Gasteiger partial charge in [-0.3, -0.25) is 0 Å². The average molecular weight is 309 g/mol. The molecular formula is C11H5ClF4N2O2. The van der Waals surface area contributed by atoms with E-state index in [0.29, 0.717) is 6.07 Å². The second-order valence-electron chi connectivity index (χ2n) is 3.57. The van der Waals surface area contributed by atoms with Crippen LogP contribution in [0.4, 0.5) is 17.6 Å². The number of hydrogen-bond acceptors (Lipinski definition) is 4. The molecule has 0 spiro atoms. The van der Waals surface area contributed by atoms with Crippen LogP contribution in [0, 0.1) is 5.82 Å². The van der Waals surface area contributed by atoms with E-state index in [0.717, 1.165) is 18.2 Å². The number of hydrogen-bond donors (Lipinski definition) is 1. The Morgan fingerprint density at radius 3 is 2.50 bits per heavy atom. The Bertz CT molecular complexity index is 649. The molecule has 1 aromatic carbocycles. The summed E-state index contributed by atoms with van der Waals surface area (Å²) < 4.78 is 56.0. The minimum atomic E-state index is -4.86. The van der Waals surface area contributed by atoms with Gasteiger partial charge in [-0.25, -0.2) is 4.39 Å². The Balaban J connectivity index is 2.40. The van der Waals surface area contributed by atoms with E-state index in [1.165, 1.54) is 0 Å². The van der Waals surface area contributed by atoms with Crippen LogP contribution >= 0.6 is 11.6 Å². The van der Waals surface area contributed by atoms with Crippen molar-refractivity contribution in [3.8, 4) is 17.4 Å². The third-order valence-corrected chi connectivity index (χ3v) is 2.37. The van der Waals surface area contributed by atoms with Gasteiger partial charge < -0.3 is 9.84 Å². The zero-order valence-electron chi connectivity index (χ0n) is 9.45. The van der Waals surface area contributed by atoms with Gasteiger partial charge in [0, 0.05) is 6.07 Å². The van der Waals surface area contributed by atoms with Crippen LogP contribution in [-0.4, -0.2) is 15.3 Å². The summed E-state index contributed by atoms with van der Waals surface area (Å²) >= 11 is 5.42. The van der Waals surface area contributed by atoms with Crippen molar-refractivity contribution in [3.63, 3.8) is 0 Å². The van der Waals surface area contributed by atoms with Crippen LogP contribution in [0.15, 0.2) is 24.3 Å². The molecular weight excluding hydrogens is 304 g/mol. The maximum Gasteiger partial charge on any atom is 0.419 e. The van der Waals surface area contributed by atoms with Crippen molar-refractivity contribution < 1.29 is 27.4 Å². The van der Waals surface area contributed by atoms with E-state index in [9.17, 15) is 22.7 Å². The number of alkyl halides is 3. The Hall–Kier alpha value is -2.09. The molecule has 0 aliphatic rings. The number of rotatable bonds is 2. The summed E-state index contributed by atoms with van der Waals surface area (Å²) in [5.41, 5.74) is -1.49. The fraction of sp³-hybridized carbons (Fsp3) is 0.0909. The van der Waals surface area contributed by atoms with E-state index in [1.807, 2.05) is 0 Å². The van der Waals surface area contributed by atoms with Crippen LogP contribution in [0.25, 0.3) is 0 Å². The lowest BCUT2D eigenvalue weighted by Crippen LogP contribution is -2.08. The molecule has 0 aliphatic heterocycles. The van der Waals surface area contributed by atoms with E-state index in [2.05, 4.69) is 10.2 Å². The molecule has 0 unspecified atom stereocenters. The van der Waals surface area contributed by atoms with Gasteiger partial charge in [0.05, 0.1) is 5.56 Å². The maximum atomic E-state index is 13.7. The molecule has 0 amide bonds. The number of ether oxygens (including phenoxy) is 1. The largest absolute Gasteiger partial charge is 0.503 e. The van der Waals surface area contributed by atoms with Crippen molar-refractivity contribution in [3.05, 3.63) is 40.8 Å². The lowest BCUT2D eigenvalue weighted by molar-refractivity contribution is -0.140. The minimum absolute atomic E-state index is 0.153. The molecule has 1 aromatic heterocycles. The standard InChI is InChI=1S/C11H5ClF4N2O2/c12-8-4-6(19)10(18-17-8)20-7-3-1-2-5(9(7)13)11(14,15)16/h1-4H,(H,17,19). The Kier molecular flexibility index (Phi) is 3.67. The molecule has 2 aromatic rings. The molecule has 4 nitrogen and oxygen atoms in total. The van der Waals surface area contributed by atoms with E-state index >= 15 is 0 Å². The maximum absolute atomic E-state index is 13.7. The molecule has 0 bridgehead atoms. The number of nitrogens with zero attached hydrogens (tertiary/aromatic N) is 2. The second-order valence-corrected chi connectivity index (χ2v) is 3.96. The van der Waals surface area contributed by atoms with Gasteiger partial charge >= 0.3 is 6.18 Å². The normalized spacial score (nSPS) is 11.4. The molecule has 0 saturated carbocycles. The van der Waals surface area contributed by atoms with Crippen molar-refractivity contribution in [2.45, 2.75) is 6.18 Å². The Morgan fingerprint density at radius 1 is 1.20 bits per heavy atom. The predicted octanol–water partition coefficient (Wildman–Crippen LogP) is 3.79. The number of aromatic hydroxyl groups is 1. The number of benzene rings is 1. The van der Waals surface area contributed by atoms with E-state index in [4.69, 9.17) is 16.3 Å². The molecule has 0 atom stereocenters. The summed E-state index contributed by atoms with van der Waals surface area (Å²) in [6.07, 6.45) is -4.86. The van der Waals surface area contributed by atoms with Gasteiger partial charge in [-0.05, 0) is 12.1 Å². The first kappa shape index (κ1) is 14.3. The lowest BCUT2D eigenvalue weighted by atomic mass is 10.2. The van der Waals surface area contributed by atoms with Crippen molar-refractivity contribution in [1.82, 2.24) is 10.2 Å². The first-order valence-corrected chi connectivity index (χ1v) is 5.42. The number of aromatic nitrogens is 2. The molecule has 1 heterocycles. The third kappa shape index (κ3) is 2.90. The summed E-state index contributed by atoms with van der Waals surface area (Å²) in [5.74, 6) is -3.50. The summed E-state index contributed by atoms with van der Waals surface area (Å²) in [4.78, 5) is 0. The lowest BCUT2D eigenvalue weighted by Gasteiger charge is -2.11. The van der Waals surface area contributed by atoms with Gasteiger partial charge in [0.15, 0.2) is 22.5 Å². The van der Waals surface area contributed by atoms with Gasteiger partial charge in [0.25, 0.3) is 5.88 Å². The summed E-state index contributed by atoms with van der Waals surface area (Å²) in [6, 6.07) is 3.44. The van der Waals surface area contributed by atoms with E-state index in [-0.39, 0.29) is 5.15 Å². The molecule has 0 fully saturated rings. The van der Waals surface area contributed by atoms with Gasteiger partial charge in [0.2, 0.25) is 0 Å². The second kappa shape index (κ2) is 5.12. The average Bonchev–Trinajstić information content (AvgIpc) is 2.33. The highest BCUT2D eigenvalue weighted by Gasteiger charge is 2.35. The van der Waals surface area contributed by atoms with Gasteiger partial charge in [-0.1, -0.05) is 17.7 Å². The summed E-state index contributed by atoms with van der Waals surface area (Å²) in [7, 11) is 0. The molecule has 2 rings (SSSR count). The third-order valence-electron chi connectivity index (χ3n) is 2.19. The fourth-order valence-corrected chi connectivity index (χ4v) is 1.47. The Morgan fingerprint density at radius 2 is 1.90 bits per heavy atom. The first-order chi connectivity index (χ1) is 9.29. The molecule has 9 heteroatoms. The van der Waals surface area contributed by atoms with Crippen LogP contribution in [0.3, 0.4) is 0 Å². The topological polar surface area (TPSA) is 55.2 Å². The molecule has 0 radical (unpaired) electrons. The quantitative estimate of drug-likeness (QED) is 0.858. The van der Waals surface area contributed by atoms with Gasteiger partial charge in [-0.15, -0.1) is 10.2 Å². The molecule has 0 saturated heterocycles. The highest BCUT2D eigenvalue weighted by Crippen LogP contribution is 2.37. The smallest absolute Gasteiger partial charge is 0.419 e. The van der Waals surface area contributed by atoms with Crippen molar-refractivity contribution in [1.29, 1.82) is 0 Å². The van der Waals surface area contributed by atoms with E-state index < -0.39 is 34.9 Å². The van der Waals surface area contributed by atoms with Crippen LogP contribution in [0.2, 0.25) is 5.15 Å². The van der Waals surface area contributed by atoms with E-state index in [1.54, 1.807) is 0 Å². The molecule has 20 heavy (non-hydrogen) atoms. The van der Waals surface area contributed by atoms with Crippen molar-refractivity contribution in [2.75, 3.05) is 0 Å². The van der Waals surface area contributed by atoms with Crippen LogP contribution in [0.5, 0.6) is 17.4 Å². The summed E-state index contributed by atoms with van der Waals surface area (Å²) in [6.45, 7) is 0. The van der Waals surface area contributed by atoms with Gasteiger partial charge in [0.1, 0.15) is 0 Å². The minimum Gasteiger partial charge on any atom is -0.503 e. The zero-order chi connectivity index (χ0) is 14.9. The summed E-state index contributed by atoms with van der Waals surface area (Å²) in [5, 5.41) is 15.9. The monoisotopic (exact) mass is 308 g/mol. The molecule has 0 aliphatic carbocycles. The Labute approximate surface area is 114 Å². The van der Waals surface area contributed by atoms with Crippen molar-refractivity contribution in [2.24, 2.45) is 0 Å². The zero-order valence-corrected chi connectivity index (χ0v) is 10.2. The SMILES string of the molecule is Oc1cc(Cl)nnc1Oc1cccc(C(F)(F)F)c1F. The van der Waals surface area contributed by atoms with Crippen LogP contribution in [0.1, 0.15) is 5.56 Å². The molecule has 1 N–H and O–H groups in total. The number of halogens is 5. The van der Waals surface area contributed by atoms with Crippen molar-refractivity contribution >= 4 is 11.6 Å². The highest BCUT2D eigenvalue weighted by molar-refractivity contribution is 6.29. The van der Waals surface area contributed by atoms with Crippen LogP contribution in [-0.2, 0) is 6.18 Å². The first-order valence-electron chi connectivity index (χ1n) is 5.05. The fourth-order valence-electron chi connectivity index (χ4n) is 1.33. The van der Waals surface area contributed by atoms with Crippen LogP contribution < -0.4 is 4.74 Å². The predicted molar refractivity (Wildman–Crippen MR) is 60.2 cm³/mol.